The second kappa shape index (κ2) is 5.73. The quantitative estimate of drug-likeness (QED) is 0.224. The molecule has 2 aromatic heterocycles. The minimum absolute atomic E-state index is 0.456. The molecule has 0 bridgehead atoms. The predicted molar refractivity (Wildman–Crippen MR) is 89.4 cm³/mol. The molecule has 138 valence electrons. The van der Waals surface area contributed by atoms with E-state index < -0.39 is 7.81 Å². The molecule has 0 aliphatic carbocycles. The molecule has 0 unspecified atom stereocenters. The summed E-state index contributed by atoms with van der Waals surface area (Å²) in [5.74, 6) is 0. The number of fused-ring (bicyclic) bond motifs is 2. The van der Waals surface area contributed by atoms with Crippen LogP contribution >= 0.6 is 7.81 Å². The maximum absolute atomic E-state index is 10.7. The molecule has 1 aromatic carbocycles. The van der Waals surface area contributed by atoms with Gasteiger partial charge < -0.3 is 5.32 Å². The van der Waals surface area contributed by atoms with Gasteiger partial charge in [-0.25, -0.2) is 0 Å². The number of nitrogens with one attached hydrogen (secondary N) is 1. The van der Waals surface area contributed by atoms with Crippen LogP contribution in [0.25, 0.3) is 16.3 Å². The second-order valence-electron chi connectivity index (χ2n) is 5.91. The third-order valence-corrected chi connectivity index (χ3v) is 3.05. The third-order valence-electron chi connectivity index (χ3n) is 3.05. The third kappa shape index (κ3) is 7.56. The van der Waals surface area contributed by atoms with Crippen molar-refractivity contribution in [1.82, 2.24) is 0 Å². The molecule has 0 atom stereocenters. The first-order valence-electron chi connectivity index (χ1n) is 7.34. The van der Waals surface area contributed by atoms with E-state index in [0.29, 0.717) is 6.04 Å². The molecule has 2 nitrogen and oxygen atoms in total. The van der Waals surface area contributed by atoms with Crippen molar-refractivity contribution < 1.29 is 29.6 Å². The fraction of sp³-hybridized carbons (Fsp3) is 0.188. The van der Waals surface area contributed by atoms with Gasteiger partial charge in [0.05, 0.1) is 0 Å². The molecule has 25 heavy (non-hydrogen) atoms. The van der Waals surface area contributed by atoms with Crippen LogP contribution in [0.4, 0.5) is 30.9 Å². The average molecular weight is 382 g/mol. The van der Waals surface area contributed by atoms with Gasteiger partial charge in [0, 0.05) is 35.3 Å². The van der Waals surface area contributed by atoms with Crippen molar-refractivity contribution in [3.8, 4) is 0 Å². The molecule has 0 fully saturated rings. The Hall–Kier alpha value is -2.08. The molecule has 1 N–H and O–H groups in total. The summed E-state index contributed by atoms with van der Waals surface area (Å²) in [6.45, 7) is 4.31. The summed E-state index contributed by atoms with van der Waals surface area (Å²) in [7, 11) is -10.7. The molecule has 0 spiro atoms. The van der Waals surface area contributed by atoms with Crippen molar-refractivity contribution >= 4 is 29.8 Å². The van der Waals surface area contributed by atoms with Gasteiger partial charge in [-0.3, -0.25) is 0 Å². The summed E-state index contributed by atoms with van der Waals surface area (Å²) in [6, 6.07) is 15.4. The van der Waals surface area contributed by atoms with E-state index in [2.05, 4.69) is 72.4 Å². The zero-order valence-corrected chi connectivity index (χ0v) is 14.3. The van der Waals surface area contributed by atoms with Gasteiger partial charge in [-0.15, -0.1) is 0 Å². The van der Waals surface area contributed by atoms with E-state index in [1.54, 1.807) is 0 Å². The Kier molecular flexibility index (Phi) is 4.41. The molecule has 0 saturated heterocycles. The van der Waals surface area contributed by atoms with Crippen molar-refractivity contribution in [3.63, 3.8) is 0 Å². The average Bonchev–Trinajstić information content (AvgIpc) is 2.41. The zero-order chi connectivity index (χ0) is 18.9. The fourth-order valence-corrected chi connectivity index (χ4v) is 2.26. The van der Waals surface area contributed by atoms with Gasteiger partial charge in [0.2, 0.25) is 5.52 Å². The Bertz CT molecular complexity index is 896. The first kappa shape index (κ1) is 19.2. The van der Waals surface area contributed by atoms with Crippen LogP contribution in [0.2, 0.25) is 0 Å². The number of aromatic nitrogens is 1. The summed E-state index contributed by atoms with van der Waals surface area (Å²) >= 11 is 0. The Morgan fingerprint density at radius 3 is 2.12 bits per heavy atom. The first-order chi connectivity index (χ1) is 11.2. The summed E-state index contributed by atoms with van der Waals surface area (Å²) in [6.07, 6.45) is 4.25. The Morgan fingerprint density at radius 2 is 1.52 bits per heavy atom. The van der Waals surface area contributed by atoms with E-state index in [1.165, 1.54) is 22.0 Å². The number of hydrogen-bond donors (Lipinski definition) is 1. The van der Waals surface area contributed by atoms with Crippen molar-refractivity contribution in [1.29, 1.82) is 0 Å². The van der Waals surface area contributed by atoms with Gasteiger partial charge in [-0.1, -0.05) is 0 Å². The van der Waals surface area contributed by atoms with Gasteiger partial charge in [-0.2, -0.15) is 4.40 Å². The SMILES string of the molecule is CC(C)Nc1ccc2c[n+]3ccccc3cc2c1.F[P-](F)(F)(F)(F)F. The van der Waals surface area contributed by atoms with Crippen molar-refractivity contribution in [2.24, 2.45) is 0 Å². The van der Waals surface area contributed by atoms with E-state index >= 15 is 0 Å². The van der Waals surface area contributed by atoms with Crippen LogP contribution in [0.15, 0.2) is 54.9 Å². The molecule has 0 aliphatic heterocycles. The minimum atomic E-state index is -10.7. The standard InChI is InChI=1S/C16H16N2.F6P/c1-12(2)17-15-7-6-13-11-18-8-4-3-5-16(18)10-14(13)9-15;1-7(2,3,4,5)6/h3-12H,1-2H3;/q;-1/p+1. The maximum atomic E-state index is 9.87. The Labute approximate surface area is 140 Å². The van der Waals surface area contributed by atoms with Crippen molar-refractivity contribution in [3.05, 3.63) is 54.9 Å². The van der Waals surface area contributed by atoms with Crippen LogP contribution in [-0.4, -0.2) is 6.04 Å². The second-order valence-corrected chi connectivity index (χ2v) is 7.82. The first-order valence-corrected chi connectivity index (χ1v) is 9.37. The number of hydrogen-bond acceptors (Lipinski definition) is 1. The molecule has 3 aromatic rings. The van der Waals surface area contributed by atoms with Gasteiger partial charge in [0.25, 0.3) is 0 Å². The van der Waals surface area contributed by atoms with Crippen molar-refractivity contribution in [2.75, 3.05) is 5.32 Å². The molecule has 0 radical (unpaired) electrons. The van der Waals surface area contributed by atoms with Gasteiger partial charge in [0.1, 0.15) is 0 Å². The van der Waals surface area contributed by atoms with Crippen LogP contribution in [0.1, 0.15) is 13.8 Å². The van der Waals surface area contributed by atoms with E-state index in [9.17, 15) is 25.2 Å². The molecular weight excluding hydrogens is 365 g/mol. The summed E-state index contributed by atoms with van der Waals surface area (Å²) in [5.41, 5.74) is 2.39. The summed E-state index contributed by atoms with van der Waals surface area (Å²) < 4.78 is 61.3. The van der Waals surface area contributed by atoms with Crippen LogP contribution in [0, 0.1) is 0 Å². The van der Waals surface area contributed by atoms with E-state index in [0.717, 1.165) is 0 Å². The molecule has 0 aliphatic rings. The molecule has 0 saturated carbocycles. The topological polar surface area (TPSA) is 16.1 Å². The Balaban J connectivity index is 0.000000277. The van der Waals surface area contributed by atoms with Crippen LogP contribution in [0.3, 0.4) is 0 Å². The molecule has 3 rings (SSSR count). The molecule has 9 heteroatoms. The number of rotatable bonds is 2. The van der Waals surface area contributed by atoms with Gasteiger partial charge >= 0.3 is 33.0 Å². The fourth-order valence-electron chi connectivity index (χ4n) is 2.26. The van der Waals surface area contributed by atoms with E-state index in [4.69, 9.17) is 0 Å². The molecule has 2 heterocycles. The van der Waals surface area contributed by atoms with Gasteiger partial charge in [-0.05, 0) is 43.5 Å². The number of anilines is 1. The van der Waals surface area contributed by atoms with Gasteiger partial charge in [0.15, 0.2) is 12.4 Å². The number of benzene rings is 1. The summed E-state index contributed by atoms with van der Waals surface area (Å²) in [5, 5.41) is 5.97. The number of pyridine rings is 2. The van der Waals surface area contributed by atoms with E-state index in [1.807, 2.05) is 6.07 Å². The van der Waals surface area contributed by atoms with Crippen LogP contribution < -0.4 is 9.72 Å². The number of nitrogens with zero attached hydrogens (tertiary/aromatic N) is 1. The van der Waals surface area contributed by atoms with E-state index in [-0.39, 0.29) is 0 Å². The summed E-state index contributed by atoms with van der Waals surface area (Å²) in [4.78, 5) is 0. The predicted octanol–water partition coefficient (Wildman–Crippen LogP) is 6.78. The van der Waals surface area contributed by atoms with Crippen LogP contribution in [-0.2, 0) is 0 Å². The Morgan fingerprint density at radius 1 is 0.880 bits per heavy atom. The normalized spacial score (nSPS) is 14.6. The molecule has 0 amide bonds. The number of halogens is 6. The van der Waals surface area contributed by atoms with Crippen molar-refractivity contribution in [2.45, 2.75) is 19.9 Å². The zero-order valence-electron chi connectivity index (χ0n) is 13.4. The molecular formula is C16H17F6N2P. The van der Waals surface area contributed by atoms with Crippen LogP contribution in [0.5, 0.6) is 0 Å². The monoisotopic (exact) mass is 382 g/mol.